The van der Waals surface area contributed by atoms with Gasteiger partial charge in [-0.3, -0.25) is 4.57 Å². The minimum absolute atomic E-state index is 0.641. The second-order valence-electron chi connectivity index (χ2n) is 3.11. The van der Waals surface area contributed by atoms with Crippen LogP contribution in [0, 0.1) is 0 Å². The monoisotopic (exact) mass is 306 g/mol. The number of halogens is 1. The summed E-state index contributed by atoms with van der Waals surface area (Å²) in [5, 5.41) is 3.78. The zero-order valence-electron chi connectivity index (χ0n) is 8.61. The summed E-state index contributed by atoms with van der Waals surface area (Å²) in [5.74, 6) is 0. The average Bonchev–Trinajstić information content (AvgIpc) is 2.16. The minimum atomic E-state index is -2.98. The predicted octanol–water partition coefficient (Wildman–Crippen LogP) is 2.27. The van der Waals surface area contributed by atoms with Crippen LogP contribution in [-0.2, 0) is 15.6 Å². The van der Waals surface area contributed by atoms with Gasteiger partial charge in [-0.25, -0.2) is 0 Å². The van der Waals surface area contributed by atoms with E-state index < -0.39 is 8.25 Å². The summed E-state index contributed by atoms with van der Waals surface area (Å²) < 4.78 is 15.4. The molecule has 0 radical (unpaired) electrons. The lowest BCUT2D eigenvalue weighted by Crippen LogP contribution is -2.07. The van der Waals surface area contributed by atoms with Crippen LogP contribution in [0.5, 0.6) is 0 Å². The van der Waals surface area contributed by atoms with Gasteiger partial charge in [-0.15, -0.1) is 0 Å². The summed E-state index contributed by atoms with van der Waals surface area (Å²) in [6, 6.07) is 7.83. The Hall–Kier alpha value is -0.680. The van der Waals surface area contributed by atoms with E-state index in [0.717, 1.165) is 15.7 Å². The third-order valence-corrected chi connectivity index (χ3v) is 2.48. The molecule has 0 saturated heterocycles. The predicted molar refractivity (Wildman–Crippen MR) is 66.4 cm³/mol. The summed E-state index contributed by atoms with van der Waals surface area (Å²) in [6.07, 6.45) is 0.641. The molecule has 1 aromatic rings. The lowest BCUT2D eigenvalue weighted by Gasteiger charge is -2.02. The largest absolute Gasteiger partial charge is 0.339 e. The van der Waals surface area contributed by atoms with Crippen LogP contribution >= 0.6 is 24.2 Å². The van der Waals surface area contributed by atoms with Crippen LogP contribution in [0.15, 0.2) is 33.8 Å². The quantitative estimate of drug-likeness (QED) is 0.497. The maximum absolute atomic E-state index is 10.2. The van der Waals surface area contributed by atoms with E-state index in [0.29, 0.717) is 6.42 Å². The van der Waals surface area contributed by atoms with Crippen molar-refractivity contribution in [1.29, 1.82) is 0 Å². The molecule has 2 N–H and O–H groups in total. The molecule has 88 valence electrons. The highest BCUT2D eigenvalue weighted by Gasteiger charge is 1.97. The fourth-order valence-corrected chi connectivity index (χ4v) is 1.69. The molecule has 1 rings (SSSR count). The molecule has 16 heavy (non-hydrogen) atoms. The third-order valence-electron chi connectivity index (χ3n) is 1.72. The number of nitrogens with zero attached hydrogens (tertiary/aromatic N) is 1. The minimum Gasteiger partial charge on any atom is -0.325 e. The van der Waals surface area contributed by atoms with E-state index in [2.05, 4.69) is 31.2 Å². The van der Waals surface area contributed by atoms with E-state index in [1.807, 2.05) is 24.3 Å². The maximum Gasteiger partial charge on any atom is 0.339 e. The first-order chi connectivity index (χ1) is 7.58. The number of hydrogen-bond acceptors (Lipinski definition) is 4. The number of rotatable bonds is 5. The van der Waals surface area contributed by atoms with Gasteiger partial charge in [-0.2, -0.15) is 15.3 Å². The second-order valence-corrected chi connectivity index (χ2v) is 4.76. The molecule has 7 heteroatoms. The van der Waals surface area contributed by atoms with E-state index in [4.69, 9.17) is 4.89 Å². The van der Waals surface area contributed by atoms with E-state index in [-0.39, 0.29) is 0 Å². The molecule has 0 bridgehead atoms. The van der Waals surface area contributed by atoms with Crippen molar-refractivity contribution in [1.82, 2.24) is 5.59 Å². The summed E-state index contributed by atoms with van der Waals surface area (Å²) in [7, 11) is -2.98. The maximum atomic E-state index is 10.2. The molecule has 1 unspecified atom stereocenters. The van der Waals surface area contributed by atoms with E-state index in [9.17, 15) is 4.57 Å². The number of hydrazone groups is 1. The summed E-state index contributed by atoms with van der Waals surface area (Å²) in [5.41, 5.74) is 3.92. The Labute approximate surface area is 103 Å². The normalized spacial score (nSPS) is 13.6. The number of benzene rings is 1. The average molecular weight is 307 g/mol. The summed E-state index contributed by atoms with van der Waals surface area (Å²) >= 11 is 3.37. The topological polar surface area (TPSA) is 70.9 Å². The van der Waals surface area contributed by atoms with Gasteiger partial charge in [0.1, 0.15) is 0 Å². The molecule has 0 aliphatic heterocycles. The fourth-order valence-electron chi connectivity index (χ4n) is 1.12. The highest BCUT2D eigenvalue weighted by molar-refractivity contribution is 9.10. The molecule has 1 atom stereocenters. The van der Waals surface area contributed by atoms with E-state index in [1.165, 1.54) is 0 Å². The highest BCUT2D eigenvalue weighted by Crippen LogP contribution is 2.13. The Balaban J connectivity index is 2.50. The SMILES string of the molecule is CC(Cc1cccc(Br)c1)=NNO[PH](=O)O. The van der Waals surface area contributed by atoms with Gasteiger partial charge < -0.3 is 4.89 Å². The van der Waals surface area contributed by atoms with Crippen molar-refractivity contribution in [3.05, 3.63) is 34.3 Å². The standard InChI is InChI=1S/C9H12BrN2O3P/c1-7(11-12-15-16(13)14)5-8-3-2-4-9(10)6-8/h2-4,6,12,16H,5H2,1H3,(H,13,14). The van der Waals surface area contributed by atoms with Crippen molar-refractivity contribution < 1.29 is 14.1 Å². The Morgan fingerprint density at radius 1 is 1.69 bits per heavy atom. The molecule has 0 aliphatic rings. The molecule has 0 fully saturated rings. The first-order valence-electron chi connectivity index (χ1n) is 4.50. The zero-order chi connectivity index (χ0) is 12.0. The van der Waals surface area contributed by atoms with Gasteiger partial charge in [-0.1, -0.05) is 28.1 Å². The molecule has 0 aromatic heterocycles. The van der Waals surface area contributed by atoms with Crippen LogP contribution in [0.2, 0.25) is 0 Å². The van der Waals surface area contributed by atoms with Crippen LogP contribution < -0.4 is 5.59 Å². The molecule has 0 aliphatic carbocycles. The Morgan fingerprint density at radius 3 is 3.06 bits per heavy atom. The molecular formula is C9H12BrN2O3P. The van der Waals surface area contributed by atoms with Gasteiger partial charge in [0.05, 0.1) is 0 Å². The highest BCUT2D eigenvalue weighted by atomic mass is 79.9. The number of nitrogens with one attached hydrogen (secondary N) is 1. The fraction of sp³-hybridized carbons (Fsp3) is 0.222. The van der Waals surface area contributed by atoms with E-state index >= 15 is 0 Å². The van der Waals surface area contributed by atoms with Crippen LogP contribution in [0.3, 0.4) is 0 Å². The van der Waals surface area contributed by atoms with Crippen molar-refractivity contribution in [2.45, 2.75) is 13.3 Å². The van der Waals surface area contributed by atoms with Crippen LogP contribution in [0.1, 0.15) is 12.5 Å². The Bertz CT molecular complexity index is 411. The van der Waals surface area contributed by atoms with E-state index in [1.54, 1.807) is 6.92 Å². The molecule has 1 aromatic carbocycles. The van der Waals surface area contributed by atoms with Gasteiger partial charge in [0, 0.05) is 16.6 Å². The molecule has 0 saturated carbocycles. The van der Waals surface area contributed by atoms with Crippen LogP contribution in [0.25, 0.3) is 0 Å². The lowest BCUT2D eigenvalue weighted by molar-refractivity contribution is 0.186. The number of hydrogen-bond donors (Lipinski definition) is 2. The molecule has 0 amide bonds. The molecule has 0 spiro atoms. The van der Waals surface area contributed by atoms with Crippen molar-refractivity contribution >= 4 is 29.9 Å². The first-order valence-corrected chi connectivity index (χ1v) is 6.56. The lowest BCUT2D eigenvalue weighted by atomic mass is 10.1. The van der Waals surface area contributed by atoms with Gasteiger partial charge in [-0.05, 0) is 24.6 Å². The van der Waals surface area contributed by atoms with Crippen LogP contribution in [-0.4, -0.2) is 10.6 Å². The van der Waals surface area contributed by atoms with Crippen molar-refractivity contribution in [2.75, 3.05) is 0 Å². The summed E-state index contributed by atoms with van der Waals surface area (Å²) in [4.78, 5) is 8.38. The van der Waals surface area contributed by atoms with Crippen molar-refractivity contribution in [3.8, 4) is 0 Å². The first kappa shape index (κ1) is 13.4. The third kappa shape index (κ3) is 5.42. The van der Waals surface area contributed by atoms with Crippen molar-refractivity contribution in [3.63, 3.8) is 0 Å². The van der Waals surface area contributed by atoms with Crippen molar-refractivity contribution in [2.24, 2.45) is 5.10 Å². The Morgan fingerprint density at radius 2 is 2.44 bits per heavy atom. The Kier molecular flexibility index (Phi) is 5.69. The zero-order valence-corrected chi connectivity index (χ0v) is 11.2. The molecular weight excluding hydrogens is 295 g/mol. The smallest absolute Gasteiger partial charge is 0.325 e. The van der Waals surface area contributed by atoms with Gasteiger partial charge >= 0.3 is 8.25 Å². The van der Waals surface area contributed by atoms with Crippen LogP contribution in [0.4, 0.5) is 0 Å². The second kappa shape index (κ2) is 6.81. The summed E-state index contributed by atoms with van der Waals surface area (Å²) in [6.45, 7) is 1.80. The van der Waals surface area contributed by atoms with Gasteiger partial charge in [0.2, 0.25) is 0 Å². The van der Waals surface area contributed by atoms with Gasteiger partial charge in [0.25, 0.3) is 0 Å². The molecule has 0 heterocycles. The molecule has 5 nitrogen and oxygen atoms in total. The van der Waals surface area contributed by atoms with Gasteiger partial charge in [0.15, 0.2) is 0 Å².